The number of imidazole rings is 1. The largest absolute Gasteiger partial charge is 0.416 e. The lowest BCUT2D eigenvalue weighted by atomic mass is 9.98. The predicted molar refractivity (Wildman–Crippen MR) is 178 cm³/mol. The molecular weight excluding hydrogens is 729 g/mol. The zero-order chi connectivity index (χ0) is 36.0. The highest BCUT2D eigenvalue weighted by molar-refractivity contribution is 7.92. The molecule has 1 fully saturated rings. The van der Waals surface area contributed by atoms with Crippen molar-refractivity contribution in [3.63, 3.8) is 0 Å². The minimum atomic E-state index is -4.97. The van der Waals surface area contributed by atoms with E-state index in [0.717, 1.165) is 9.87 Å². The van der Waals surface area contributed by atoms with Gasteiger partial charge in [-0.05, 0) is 76.9 Å². The summed E-state index contributed by atoms with van der Waals surface area (Å²) in [7, 11) is -3.97. The molecule has 7 nitrogen and oxygen atoms in total. The monoisotopic (exact) mass is 750 g/mol. The molecule has 0 bridgehead atoms. The van der Waals surface area contributed by atoms with E-state index in [0.29, 0.717) is 50.5 Å². The van der Waals surface area contributed by atoms with Gasteiger partial charge in [-0.2, -0.15) is 34.8 Å². The second-order valence-electron chi connectivity index (χ2n) is 11.2. The van der Waals surface area contributed by atoms with Gasteiger partial charge >= 0.3 is 22.6 Å². The lowest BCUT2D eigenvalue weighted by Gasteiger charge is -2.15. The van der Waals surface area contributed by atoms with E-state index in [1.54, 1.807) is 77.5 Å². The van der Waals surface area contributed by atoms with Crippen molar-refractivity contribution in [1.29, 1.82) is 0 Å². The van der Waals surface area contributed by atoms with E-state index < -0.39 is 39.6 Å². The summed E-state index contributed by atoms with van der Waals surface area (Å²) in [5, 5.41) is 0.786. The van der Waals surface area contributed by atoms with Crippen LogP contribution in [-0.4, -0.2) is 30.4 Å². The van der Waals surface area contributed by atoms with Crippen molar-refractivity contribution in [2.24, 2.45) is 0 Å². The standard InChI is InChI=1S/C34H22Cl2F6N4O3S/c35-26-8-11-28(29(36)16-26)30-18-45(17-21-3-9-27(10-4-21)46-19-32(47)44-50(46,48)49)31(43-30)12-5-20-1-6-22(7-2-20)23-13-24(33(37,38)39)15-25(14-23)34(40,41)42/h1-16,18H,17,19H2,(H,44,47)/b12-5+. The highest BCUT2D eigenvalue weighted by Crippen LogP contribution is 2.39. The molecule has 1 amide bonds. The Kier molecular flexibility index (Phi) is 9.22. The van der Waals surface area contributed by atoms with Gasteiger partial charge < -0.3 is 4.57 Å². The zero-order valence-electron chi connectivity index (χ0n) is 25.2. The summed E-state index contributed by atoms with van der Waals surface area (Å²) in [4.78, 5) is 16.4. The minimum absolute atomic E-state index is 0.0835. The van der Waals surface area contributed by atoms with Crippen molar-refractivity contribution in [2.45, 2.75) is 18.9 Å². The van der Waals surface area contributed by atoms with Crippen LogP contribution in [0.25, 0.3) is 34.5 Å². The molecular formula is C34H22Cl2F6N4O3S. The summed E-state index contributed by atoms with van der Waals surface area (Å²) < 4.78 is 109. The topological polar surface area (TPSA) is 84.3 Å². The van der Waals surface area contributed by atoms with Crippen LogP contribution < -0.4 is 9.03 Å². The average molecular weight is 752 g/mol. The molecule has 4 aromatic carbocycles. The highest BCUT2D eigenvalue weighted by Gasteiger charge is 2.37. The van der Waals surface area contributed by atoms with Gasteiger partial charge in [0.05, 0.1) is 27.5 Å². The van der Waals surface area contributed by atoms with Gasteiger partial charge in [-0.1, -0.05) is 65.7 Å². The number of aromatic nitrogens is 2. The van der Waals surface area contributed by atoms with Crippen LogP contribution in [0.3, 0.4) is 0 Å². The molecule has 258 valence electrons. The number of anilines is 1. The Labute approximate surface area is 291 Å². The molecule has 0 radical (unpaired) electrons. The Morgan fingerprint density at radius 2 is 1.44 bits per heavy atom. The third-order valence-corrected chi connectivity index (χ3v) is 9.62. The molecule has 50 heavy (non-hydrogen) atoms. The number of rotatable bonds is 7. The lowest BCUT2D eigenvalue weighted by molar-refractivity contribution is -0.143. The number of halogens is 8. The number of hydrogen-bond donors (Lipinski definition) is 1. The van der Waals surface area contributed by atoms with Crippen LogP contribution >= 0.6 is 23.2 Å². The first-order valence-electron chi connectivity index (χ1n) is 14.5. The van der Waals surface area contributed by atoms with Gasteiger partial charge in [-0.3, -0.25) is 4.79 Å². The van der Waals surface area contributed by atoms with Crippen LogP contribution in [-0.2, 0) is 33.9 Å². The maximum Gasteiger partial charge on any atom is 0.416 e. The minimum Gasteiger partial charge on any atom is -0.326 e. The normalized spacial score (nSPS) is 14.8. The van der Waals surface area contributed by atoms with E-state index in [-0.39, 0.29) is 30.3 Å². The molecule has 2 heterocycles. The number of amides is 1. The number of benzene rings is 4. The van der Waals surface area contributed by atoms with Gasteiger partial charge in [0.2, 0.25) is 0 Å². The summed E-state index contributed by atoms with van der Waals surface area (Å²) in [5.74, 6) is -0.179. The Morgan fingerprint density at radius 3 is 2.00 bits per heavy atom. The maximum absolute atomic E-state index is 13.4. The predicted octanol–water partition coefficient (Wildman–Crippen LogP) is 8.96. The fourth-order valence-corrected chi connectivity index (χ4v) is 6.89. The summed E-state index contributed by atoms with van der Waals surface area (Å²) in [6.07, 6.45) is -4.83. The second-order valence-corrected chi connectivity index (χ2v) is 13.6. The molecule has 5 aromatic rings. The Balaban J connectivity index is 1.30. The van der Waals surface area contributed by atoms with Crippen molar-refractivity contribution in [2.75, 3.05) is 10.8 Å². The van der Waals surface area contributed by atoms with E-state index in [1.807, 2.05) is 4.72 Å². The van der Waals surface area contributed by atoms with Crippen LogP contribution in [0.2, 0.25) is 10.0 Å². The number of carbonyl (C=O) groups excluding carboxylic acids is 1. The van der Waals surface area contributed by atoms with Gasteiger partial charge in [0.15, 0.2) is 0 Å². The number of hydrogen-bond acceptors (Lipinski definition) is 4. The van der Waals surface area contributed by atoms with Crippen LogP contribution in [0.15, 0.2) is 91.1 Å². The summed E-state index contributed by atoms with van der Waals surface area (Å²) in [5.41, 5.74) is -0.143. The summed E-state index contributed by atoms with van der Waals surface area (Å²) >= 11 is 12.5. The van der Waals surface area contributed by atoms with Crippen molar-refractivity contribution in [1.82, 2.24) is 14.3 Å². The molecule has 1 aromatic heterocycles. The lowest BCUT2D eigenvalue weighted by Crippen LogP contribution is -2.29. The Bertz CT molecular complexity index is 2200. The molecule has 0 spiro atoms. The zero-order valence-corrected chi connectivity index (χ0v) is 27.6. The van der Waals surface area contributed by atoms with Crippen molar-refractivity contribution in [3.05, 3.63) is 129 Å². The number of carbonyl (C=O) groups is 1. The maximum atomic E-state index is 13.4. The van der Waals surface area contributed by atoms with Gasteiger partial charge in [-0.25, -0.2) is 14.0 Å². The van der Waals surface area contributed by atoms with Gasteiger partial charge in [0.25, 0.3) is 5.91 Å². The molecule has 6 rings (SSSR count). The molecule has 0 aliphatic carbocycles. The van der Waals surface area contributed by atoms with E-state index in [9.17, 15) is 39.6 Å². The Hall–Kier alpha value is -4.79. The first-order chi connectivity index (χ1) is 23.5. The summed E-state index contributed by atoms with van der Waals surface area (Å²) in [6.45, 7) is -0.0585. The van der Waals surface area contributed by atoms with Crippen LogP contribution in [0.1, 0.15) is 28.1 Å². The molecule has 1 N–H and O–H groups in total. The SMILES string of the molecule is O=C1CN(c2ccc(Cn3cc(-c4ccc(Cl)cc4Cl)nc3/C=C/c3ccc(-c4cc(C(F)(F)F)cc(C(F)(F)F)c4)cc3)cc2)S(=O)(=O)N1. The average Bonchev–Trinajstić information content (AvgIpc) is 3.57. The molecule has 0 unspecified atom stereocenters. The van der Waals surface area contributed by atoms with Crippen molar-refractivity contribution in [3.8, 4) is 22.4 Å². The quantitative estimate of drug-likeness (QED) is 0.169. The summed E-state index contributed by atoms with van der Waals surface area (Å²) in [6, 6.07) is 18.9. The second kappa shape index (κ2) is 13.2. The number of alkyl halides is 6. The molecule has 0 atom stereocenters. The van der Waals surface area contributed by atoms with Crippen LogP contribution in [0, 0.1) is 0 Å². The van der Waals surface area contributed by atoms with E-state index in [2.05, 4.69) is 0 Å². The first-order valence-corrected chi connectivity index (χ1v) is 16.7. The molecule has 1 aliphatic heterocycles. The van der Waals surface area contributed by atoms with Crippen LogP contribution in [0.4, 0.5) is 32.0 Å². The van der Waals surface area contributed by atoms with Gasteiger partial charge in [0, 0.05) is 23.3 Å². The van der Waals surface area contributed by atoms with E-state index >= 15 is 0 Å². The number of nitrogens with one attached hydrogen (secondary N) is 1. The molecule has 1 aliphatic rings. The smallest absolute Gasteiger partial charge is 0.326 e. The first kappa shape index (κ1) is 35.1. The third kappa shape index (κ3) is 7.67. The third-order valence-electron chi connectivity index (χ3n) is 7.67. The van der Waals surface area contributed by atoms with Crippen molar-refractivity contribution < 1.29 is 39.6 Å². The molecule has 16 heteroatoms. The van der Waals surface area contributed by atoms with E-state index in [1.165, 1.54) is 12.1 Å². The molecule has 0 saturated carbocycles. The van der Waals surface area contributed by atoms with Crippen LogP contribution in [0.5, 0.6) is 0 Å². The number of nitrogens with zero attached hydrogens (tertiary/aromatic N) is 3. The molecule has 1 saturated heterocycles. The Morgan fingerprint density at radius 1 is 0.800 bits per heavy atom. The highest BCUT2D eigenvalue weighted by atomic mass is 35.5. The fourth-order valence-electron chi connectivity index (χ4n) is 5.24. The fraction of sp³-hybridized carbons (Fsp3) is 0.118. The van der Waals surface area contributed by atoms with Crippen molar-refractivity contribution >= 4 is 57.2 Å². The van der Waals surface area contributed by atoms with Gasteiger partial charge in [0.1, 0.15) is 12.4 Å². The van der Waals surface area contributed by atoms with Gasteiger partial charge in [-0.15, -0.1) is 0 Å². The van der Waals surface area contributed by atoms with E-state index in [4.69, 9.17) is 28.2 Å².